The highest BCUT2D eigenvalue weighted by atomic mass is 35.5. The Morgan fingerprint density at radius 1 is 0.947 bits per heavy atom. The van der Waals surface area contributed by atoms with Crippen LogP contribution in [0.1, 0.15) is 0 Å². The van der Waals surface area contributed by atoms with E-state index in [-0.39, 0.29) is 0 Å². The molecule has 0 unspecified atom stereocenters. The summed E-state index contributed by atoms with van der Waals surface area (Å²) in [5, 5.41) is 4.92. The summed E-state index contributed by atoms with van der Waals surface area (Å²) in [5.74, 6) is 0.781. The van der Waals surface area contributed by atoms with Crippen LogP contribution in [-0.4, -0.2) is 13.2 Å². The smallest absolute Gasteiger partial charge is 0.119 e. The van der Waals surface area contributed by atoms with Gasteiger partial charge in [-0.15, -0.1) is 0 Å². The van der Waals surface area contributed by atoms with Gasteiger partial charge in [-0.05, 0) is 36.4 Å². The maximum Gasteiger partial charge on any atom is 0.119 e. The van der Waals surface area contributed by atoms with E-state index in [1.54, 1.807) is 18.2 Å². The lowest BCUT2D eigenvalue weighted by Crippen LogP contribution is -2.11. The van der Waals surface area contributed by atoms with Gasteiger partial charge in [0.2, 0.25) is 0 Å². The summed E-state index contributed by atoms with van der Waals surface area (Å²) in [4.78, 5) is 0. The molecule has 0 fully saturated rings. The zero-order chi connectivity index (χ0) is 13.7. The van der Waals surface area contributed by atoms with E-state index in [0.717, 1.165) is 11.4 Å². The quantitative estimate of drug-likeness (QED) is 0.771. The molecule has 0 aromatic heterocycles. The van der Waals surface area contributed by atoms with Crippen LogP contribution in [0.4, 0.5) is 5.69 Å². The van der Waals surface area contributed by atoms with Crippen LogP contribution in [0.3, 0.4) is 0 Å². The molecule has 2 aromatic rings. The number of benzene rings is 2. The van der Waals surface area contributed by atoms with Gasteiger partial charge in [0.05, 0.1) is 15.7 Å². The van der Waals surface area contributed by atoms with Gasteiger partial charge >= 0.3 is 0 Å². The van der Waals surface area contributed by atoms with E-state index >= 15 is 0 Å². The molecule has 2 rings (SSSR count). The zero-order valence-electron chi connectivity index (χ0n) is 10.00. The van der Waals surface area contributed by atoms with Crippen molar-refractivity contribution in [2.75, 3.05) is 18.5 Å². The maximum atomic E-state index is 6.06. The van der Waals surface area contributed by atoms with Crippen molar-refractivity contribution in [2.45, 2.75) is 0 Å². The van der Waals surface area contributed by atoms with Crippen LogP contribution in [0, 0.1) is 0 Å². The fraction of sp³-hybridized carbons (Fsp3) is 0.143. The van der Waals surface area contributed by atoms with Crippen molar-refractivity contribution in [3.05, 3.63) is 57.5 Å². The number of hydrogen-bond acceptors (Lipinski definition) is 2. The van der Waals surface area contributed by atoms with Gasteiger partial charge in [0.15, 0.2) is 0 Å². The summed E-state index contributed by atoms with van der Waals surface area (Å²) >= 11 is 17.8. The summed E-state index contributed by atoms with van der Waals surface area (Å²) < 4.78 is 5.56. The van der Waals surface area contributed by atoms with Crippen molar-refractivity contribution in [2.24, 2.45) is 0 Å². The van der Waals surface area contributed by atoms with Gasteiger partial charge in [0, 0.05) is 11.6 Å². The Morgan fingerprint density at radius 3 is 2.42 bits per heavy atom. The average molecular weight is 317 g/mol. The summed E-state index contributed by atoms with van der Waals surface area (Å²) in [6, 6.07) is 12.7. The summed E-state index contributed by atoms with van der Waals surface area (Å²) in [6.07, 6.45) is 0. The Balaban J connectivity index is 1.81. The standard InChI is InChI=1S/C14H12Cl3NO/c15-10-4-6-11(7-5-10)19-9-8-18-13-3-1-2-12(16)14(13)17/h1-7,18H,8-9H2. The second kappa shape index (κ2) is 6.90. The molecule has 0 amide bonds. The van der Waals surface area contributed by atoms with Crippen LogP contribution in [0.25, 0.3) is 0 Å². The highest BCUT2D eigenvalue weighted by molar-refractivity contribution is 6.43. The lowest BCUT2D eigenvalue weighted by atomic mass is 10.3. The molecule has 0 saturated carbocycles. The Morgan fingerprint density at radius 2 is 1.68 bits per heavy atom. The summed E-state index contributed by atoms with van der Waals surface area (Å²) in [5.41, 5.74) is 0.800. The van der Waals surface area contributed by atoms with Crippen molar-refractivity contribution in [3.8, 4) is 5.75 Å². The molecule has 19 heavy (non-hydrogen) atoms. The topological polar surface area (TPSA) is 21.3 Å². The van der Waals surface area contributed by atoms with Crippen molar-refractivity contribution in [1.29, 1.82) is 0 Å². The number of halogens is 3. The predicted octanol–water partition coefficient (Wildman–Crippen LogP) is 5.14. The monoisotopic (exact) mass is 315 g/mol. The van der Waals surface area contributed by atoms with E-state index < -0.39 is 0 Å². The fourth-order valence-corrected chi connectivity index (χ4v) is 2.02. The molecule has 0 atom stereocenters. The molecule has 2 aromatic carbocycles. The molecule has 2 nitrogen and oxygen atoms in total. The number of ether oxygens (including phenoxy) is 1. The van der Waals surface area contributed by atoms with E-state index in [4.69, 9.17) is 39.5 Å². The molecule has 0 aliphatic rings. The first-order chi connectivity index (χ1) is 9.16. The third-order valence-corrected chi connectivity index (χ3v) is 3.52. The van der Waals surface area contributed by atoms with E-state index in [1.807, 2.05) is 24.3 Å². The molecular weight excluding hydrogens is 305 g/mol. The molecule has 5 heteroatoms. The van der Waals surface area contributed by atoms with Gasteiger partial charge in [-0.2, -0.15) is 0 Å². The molecule has 0 bridgehead atoms. The van der Waals surface area contributed by atoms with Crippen molar-refractivity contribution >= 4 is 40.5 Å². The second-order valence-corrected chi connectivity index (χ2v) is 5.05. The lowest BCUT2D eigenvalue weighted by molar-refractivity contribution is 0.333. The average Bonchev–Trinajstić information content (AvgIpc) is 2.41. The molecular formula is C14H12Cl3NO. The minimum absolute atomic E-state index is 0.518. The van der Waals surface area contributed by atoms with Crippen LogP contribution >= 0.6 is 34.8 Å². The van der Waals surface area contributed by atoms with Crippen molar-refractivity contribution in [3.63, 3.8) is 0 Å². The van der Waals surface area contributed by atoms with E-state index in [9.17, 15) is 0 Å². The second-order valence-electron chi connectivity index (χ2n) is 3.83. The van der Waals surface area contributed by atoms with E-state index in [1.165, 1.54) is 0 Å². The van der Waals surface area contributed by atoms with Crippen molar-refractivity contribution in [1.82, 2.24) is 0 Å². The largest absolute Gasteiger partial charge is 0.492 e. The van der Waals surface area contributed by atoms with E-state index in [0.29, 0.717) is 28.2 Å². The third kappa shape index (κ3) is 4.20. The Hall–Kier alpha value is -1.09. The molecule has 0 radical (unpaired) electrons. The third-order valence-electron chi connectivity index (χ3n) is 2.45. The van der Waals surface area contributed by atoms with Crippen molar-refractivity contribution < 1.29 is 4.74 Å². The maximum absolute atomic E-state index is 6.06. The van der Waals surface area contributed by atoms with Gasteiger partial charge in [0.25, 0.3) is 0 Å². The van der Waals surface area contributed by atoms with Gasteiger partial charge in [-0.1, -0.05) is 40.9 Å². The van der Waals surface area contributed by atoms with E-state index in [2.05, 4.69) is 5.32 Å². The van der Waals surface area contributed by atoms with Gasteiger partial charge in [-0.3, -0.25) is 0 Å². The van der Waals surface area contributed by atoms with Crippen LogP contribution in [0.15, 0.2) is 42.5 Å². The first kappa shape index (κ1) is 14.3. The molecule has 1 N–H and O–H groups in total. The minimum atomic E-state index is 0.518. The SMILES string of the molecule is Clc1ccc(OCCNc2cccc(Cl)c2Cl)cc1. The van der Waals surface area contributed by atoms with Gasteiger partial charge < -0.3 is 10.1 Å². The molecule has 0 spiro atoms. The normalized spacial score (nSPS) is 10.3. The molecule has 0 heterocycles. The first-order valence-electron chi connectivity index (χ1n) is 5.73. The van der Waals surface area contributed by atoms with Crippen LogP contribution < -0.4 is 10.1 Å². The highest BCUT2D eigenvalue weighted by Gasteiger charge is 2.03. The molecule has 0 aliphatic carbocycles. The Kier molecular flexibility index (Phi) is 5.20. The predicted molar refractivity (Wildman–Crippen MR) is 81.9 cm³/mol. The first-order valence-corrected chi connectivity index (χ1v) is 6.86. The number of hydrogen-bond donors (Lipinski definition) is 1. The van der Waals surface area contributed by atoms with Gasteiger partial charge in [-0.25, -0.2) is 0 Å². The summed E-state index contributed by atoms with van der Waals surface area (Å²) in [6.45, 7) is 1.15. The summed E-state index contributed by atoms with van der Waals surface area (Å²) in [7, 11) is 0. The Bertz CT molecular complexity index is 543. The lowest BCUT2D eigenvalue weighted by Gasteiger charge is -2.10. The van der Waals surface area contributed by atoms with Crippen LogP contribution in [-0.2, 0) is 0 Å². The number of anilines is 1. The van der Waals surface area contributed by atoms with Crippen LogP contribution in [0.2, 0.25) is 15.1 Å². The minimum Gasteiger partial charge on any atom is -0.492 e. The van der Waals surface area contributed by atoms with Gasteiger partial charge in [0.1, 0.15) is 12.4 Å². The Labute approximate surface area is 127 Å². The molecule has 0 saturated heterocycles. The fourth-order valence-electron chi connectivity index (χ4n) is 1.53. The zero-order valence-corrected chi connectivity index (χ0v) is 12.3. The highest BCUT2D eigenvalue weighted by Crippen LogP contribution is 2.29. The molecule has 100 valence electrons. The number of rotatable bonds is 5. The number of nitrogens with one attached hydrogen (secondary N) is 1. The molecule has 0 aliphatic heterocycles. The van der Waals surface area contributed by atoms with Crippen LogP contribution in [0.5, 0.6) is 5.75 Å².